The number of anilines is 2. The number of hydrogen-bond donors (Lipinski definition) is 3. The molecule has 12 heteroatoms. The molecule has 286 valence electrons. The minimum Gasteiger partial charge on any atom is -0.455 e. The summed E-state index contributed by atoms with van der Waals surface area (Å²) >= 11 is 1.02. The average molecular weight is 760 g/mol. The quantitative estimate of drug-likeness (QED) is 0.0647. The van der Waals surface area contributed by atoms with E-state index in [1.165, 1.54) is 29.2 Å². The first kappa shape index (κ1) is 38.0. The summed E-state index contributed by atoms with van der Waals surface area (Å²) in [5, 5.41) is 15.8. The van der Waals surface area contributed by atoms with Crippen LogP contribution in [0.1, 0.15) is 68.4 Å². The van der Waals surface area contributed by atoms with E-state index in [2.05, 4.69) is 74.8 Å². The highest BCUT2D eigenvalue weighted by atomic mass is 32.2. The molecule has 0 radical (unpaired) electrons. The molecule has 1 fully saturated rings. The van der Waals surface area contributed by atoms with Gasteiger partial charge in [-0.3, -0.25) is 24.5 Å². The van der Waals surface area contributed by atoms with Gasteiger partial charge in [0, 0.05) is 73.1 Å². The van der Waals surface area contributed by atoms with Crippen molar-refractivity contribution in [2.45, 2.75) is 64.8 Å². The van der Waals surface area contributed by atoms with E-state index in [1.807, 2.05) is 44.3 Å². The summed E-state index contributed by atoms with van der Waals surface area (Å²) in [5.74, 6) is 0.523. The lowest BCUT2D eigenvalue weighted by molar-refractivity contribution is -0.384. The Morgan fingerprint density at radius 1 is 1.04 bits per heavy atom. The van der Waals surface area contributed by atoms with Gasteiger partial charge in [-0.2, -0.15) is 0 Å². The summed E-state index contributed by atoms with van der Waals surface area (Å²) in [7, 11) is 0. The van der Waals surface area contributed by atoms with Gasteiger partial charge in [0.05, 0.1) is 16.7 Å². The highest BCUT2D eigenvalue weighted by Crippen LogP contribution is 2.43. The van der Waals surface area contributed by atoms with Crippen molar-refractivity contribution >= 4 is 51.5 Å². The fourth-order valence-electron chi connectivity index (χ4n) is 7.40. The third-order valence-corrected chi connectivity index (χ3v) is 11.2. The number of H-pyrrole nitrogens is 1. The second kappa shape index (κ2) is 16.2. The van der Waals surface area contributed by atoms with Gasteiger partial charge in [-0.05, 0) is 105 Å². The van der Waals surface area contributed by atoms with E-state index in [0.717, 1.165) is 74.2 Å². The highest BCUT2D eigenvalue weighted by molar-refractivity contribution is 7.98. The van der Waals surface area contributed by atoms with Gasteiger partial charge in [0.1, 0.15) is 22.8 Å². The summed E-state index contributed by atoms with van der Waals surface area (Å²) in [6.45, 7) is 15.3. The van der Waals surface area contributed by atoms with Crippen molar-refractivity contribution < 1.29 is 14.5 Å². The first-order valence-electron chi connectivity index (χ1n) is 18.9. The third-order valence-electron chi connectivity index (χ3n) is 10.4. The van der Waals surface area contributed by atoms with Gasteiger partial charge in [0.15, 0.2) is 0 Å². The Morgan fingerprint density at radius 2 is 1.82 bits per heavy atom. The predicted octanol–water partition coefficient (Wildman–Crippen LogP) is 9.62. The topological polar surface area (TPSA) is 129 Å². The number of nitro benzene ring substituents is 1. The Balaban J connectivity index is 1.08. The molecule has 1 amide bonds. The van der Waals surface area contributed by atoms with E-state index in [-0.39, 0.29) is 17.6 Å². The van der Waals surface area contributed by atoms with E-state index >= 15 is 0 Å². The molecule has 0 unspecified atom stereocenters. The lowest BCUT2D eigenvalue weighted by Gasteiger charge is -2.39. The summed E-state index contributed by atoms with van der Waals surface area (Å²) in [5.41, 5.74) is 8.44. The first-order chi connectivity index (χ1) is 26.4. The third kappa shape index (κ3) is 9.14. The summed E-state index contributed by atoms with van der Waals surface area (Å²) in [4.78, 5) is 38.1. The van der Waals surface area contributed by atoms with E-state index in [1.54, 1.807) is 30.0 Å². The van der Waals surface area contributed by atoms with E-state index in [9.17, 15) is 14.9 Å². The number of aromatic amines is 1. The van der Waals surface area contributed by atoms with Gasteiger partial charge in [0.2, 0.25) is 0 Å². The van der Waals surface area contributed by atoms with Crippen LogP contribution in [0.15, 0.2) is 95.7 Å². The zero-order valence-corrected chi connectivity index (χ0v) is 33.0. The second-order valence-electron chi connectivity index (χ2n) is 15.7. The number of piperazine rings is 1. The number of allylic oxidation sites excluding steroid dienone is 1. The maximum atomic E-state index is 13.7. The van der Waals surface area contributed by atoms with Crippen LogP contribution in [-0.4, -0.2) is 64.5 Å². The molecule has 3 aromatic carbocycles. The van der Waals surface area contributed by atoms with E-state index < -0.39 is 4.92 Å². The maximum Gasteiger partial charge on any atom is 0.293 e. The second-order valence-corrected chi connectivity index (χ2v) is 16.6. The number of aromatic nitrogens is 2. The molecule has 1 aliphatic heterocycles. The molecule has 3 N–H and O–H groups in total. The van der Waals surface area contributed by atoms with Crippen LogP contribution < -0.4 is 19.7 Å². The van der Waals surface area contributed by atoms with Gasteiger partial charge in [-0.25, -0.2) is 4.98 Å². The molecular weight excluding hydrogens is 711 g/mol. The molecule has 0 bridgehead atoms. The number of amides is 1. The van der Waals surface area contributed by atoms with Crippen molar-refractivity contribution in [1.82, 2.24) is 19.6 Å². The number of carbonyl (C=O) groups is 1. The van der Waals surface area contributed by atoms with Crippen molar-refractivity contribution in [3.63, 3.8) is 0 Å². The van der Waals surface area contributed by atoms with Gasteiger partial charge >= 0.3 is 0 Å². The summed E-state index contributed by atoms with van der Waals surface area (Å²) < 4.78 is 9.28. The predicted molar refractivity (Wildman–Crippen MR) is 222 cm³/mol. The summed E-state index contributed by atoms with van der Waals surface area (Å²) in [6.07, 6.45) is 6.88. The zero-order valence-electron chi connectivity index (χ0n) is 32.1. The lowest BCUT2D eigenvalue weighted by Crippen LogP contribution is -2.47. The Morgan fingerprint density at radius 3 is 2.56 bits per heavy atom. The number of carbonyl (C=O) groups excluding carboxylic acids is 1. The number of nitrogens with one attached hydrogen (secondary N) is 3. The molecule has 2 aromatic heterocycles. The van der Waals surface area contributed by atoms with Gasteiger partial charge in [-0.15, -0.1) is 0 Å². The van der Waals surface area contributed by atoms with E-state index in [0.29, 0.717) is 33.1 Å². The number of fused-ring (bicyclic) bond motifs is 1. The number of nitro groups is 1. The number of aryl methyl sites for hydroxylation is 1. The molecular formula is C43H49N7O4S. The minimum atomic E-state index is -0.424. The molecule has 1 aliphatic carbocycles. The van der Waals surface area contributed by atoms with Crippen LogP contribution in [0.4, 0.5) is 17.1 Å². The zero-order chi connectivity index (χ0) is 38.7. The van der Waals surface area contributed by atoms with Gasteiger partial charge < -0.3 is 19.9 Å². The first-order valence-corrected chi connectivity index (χ1v) is 19.7. The normalized spacial score (nSPS) is 16.1. The molecule has 11 nitrogen and oxygen atoms in total. The average Bonchev–Trinajstić information content (AvgIpc) is 3.63. The number of benzene rings is 3. The van der Waals surface area contributed by atoms with Crippen LogP contribution in [0.5, 0.6) is 11.5 Å². The Hall–Kier alpha value is -5.33. The Bertz CT molecular complexity index is 2220. The molecule has 1 saturated heterocycles. The number of rotatable bonds is 12. The van der Waals surface area contributed by atoms with Gasteiger partial charge in [-0.1, -0.05) is 49.2 Å². The van der Waals surface area contributed by atoms with Crippen LogP contribution in [0, 0.1) is 22.5 Å². The minimum absolute atomic E-state index is 0.0278. The van der Waals surface area contributed by atoms with E-state index in [4.69, 9.17) is 4.74 Å². The number of pyridine rings is 1. The van der Waals surface area contributed by atoms with Crippen LogP contribution in [-0.2, 0) is 0 Å². The summed E-state index contributed by atoms with van der Waals surface area (Å²) in [6, 6.07) is 23.4. The molecule has 7 rings (SSSR count). The SMILES string of the molecule is Cc1ccc(C2=C(CN3CCN(c4ccc(C(=O)NSc5ccc(NC(C)C)c([N+](=O)[O-])c5)c(Oc5cnc6[nH]ccc6c5)c4)CC3)CCC(C)(C)C2)cc1. The number of hydrogen-bond acceptors (Lipinski definition) is 9. The van der Waals surface area contributed by atoms with Crippen LogP contribution in [0.3, 0.4) is 0 Å². The molecule has 2 aliphatic rings. The number of ether oxygens (including phenoxy) is 1. The van der Waals surface area contributed by atoms with Crippen LogP contribution >= 0.6 is 11.9 Å². The van der Waals surface area contributed by atoms with Crippen LogP contribution in [0.2, 0.25) is 0 Å². The highest BCUT2D eigenvalue weighted by Gasteiger charge is 2.30. The molecule has 0 spiro atoms. The fourth-order valence-corrected chi connectivity index (χ4v) is 8.03. The molecule has 0 atom stereocenters. The number of nitrogens with zero attached hydrogens (tertiary/aromatic N) is 4. The largest absolute Gasteiger partial charge is 0.455 e. The smallest absolute Gasteiger partial charge is 0.293 e. The Labute approximate surface area is 326 Å². The van der Waals surface area contributed by atoms with Crippen molar-refractivity contribution in [1.29, 1.82) is 0 Å². The fraction of sp³-hybridized carbons (Fsp3) is 0.349. The van der Waals surface area contributed by atoms with Gasteiger partial charge in [0.25, 0.3) is 11.6 Å². The molecule has 3 heterocycles. The standard InChI is InChI=1S/C43H49N7O4S/c1-28(2)46-38-13-11-35(24-39(38)50(52)53)55-47-42(51)36-12-10-33(23-40(36)54-34-22-31-15-17-44-41(31)45-26-34)49-20-18-48(19-21-49)27-32-14-16-43(4,5)25-37(32)30-8-6-29(3)7-9-30/h6-13,15,17,22-24,26,28,46H,14,16,18-21,25,27H2,1-5H3,(H,44,45)(H,47,51). The Kier molecular flexibility index (Phi) is 11.2. The van der Waals surface area contributed by atoms with Crippen molar-refractivity contribution in [2.24, 2.45) is 5.41 Å². The van der Waals surface area contributed by atoms with Crippen molar-refractivity contribution in [3.05, 3.63) is 118 Å². The lowest BCUT2D eigenvalue weighted by atomic mass is 9.72. The monoisotopic (exact) mass is 759 g/mol. The maximum absolute atomic E-state index is 13.7. The molecule has 0 saturated carbocycles. The molecule has 5 aromatic rings. The van der Waals surface area contributed by atoms with Crippen molar-refractivity contribution in [3.8, 4) is 11.5 Å². The van der Waals surface area contributed by atoms with Crippen LogP contribution in [0.25, 0.3) is 16.6 Å². The van der Waals surface area contributed by atoms with Crippen molar-refractivity contribution in [2.75, 3.05) is 42.9 Å². The molecule has 55 heavy (non-hydrogen) atoms.